The summed E-state index contributed by atoms with van der Waals surface area (Å²) in [6.07, 6.45) is -1.60. The minimum atomic E-state index is -0.964. The number of carbonyl (C=O) groups excluding carboxylic acids is 3. The highest BCUT2D eigenvalue weighted by molar-refractivity contribution is 5.69. The van der Waals surface area contributed by atoms with Crippen LogP contribution in [0.4, 0.5) is 14.4 Å². The second-order valence-corrected chi connectivity index (χ2v) is 8.30. The number of ether oxygens (including phenoxy) is 3. The minimum Gasteiger partial charge on any atom is -0.441 e. The molecule has 3 rings (SSSR count). The first-order valence-corrected chi connectivity index (χ1v) is 12.3. The maximum absolute atomic E-state index is 12.9. The molecular formula is C23H28N4O15. The Morgan fingerprint density at radius 3 is 1.79 bits per heavy atom. The van der Waals surface area contributed by atoms with Crippen LogP contribution >= 0.6 is 0 Å². The summed E-state index contributed by atoms with van der Waals surface area (Å²) >= 11 is 0. The van der Waals surface area contributed by atoms with Gasteiger partial charge in [-0.25, -0.2) is 28.8 Å². The molecule has 3 heterocycles. The van der Waals surface area contributed by atoms with Crippen LogP contribution in [0.2, 0.25) is 0 Å². The van der Waals surface area contributed by atoms with E-state index < -0.39 is 42.4 Å². The quantitative estimate of drug-likeness (QED) is 0.237. The van der Waals surface area contributed by atoms with Crippen LogP contribution < -0.4 is 28.5 Å². The molecule has 0 fully saturated rings. The maximum atomic E-state index is 12.9. The van der Waals surface area contributed by atoms with Crippen molar-refractivity contribution in [3.8, 4) is 0 Å². The Kier molecular flexibility index (Phi) is 11.2. The molecular weight excluding hydrogens is 572 g/mol. The average molecular weight is 600 g/mol. The van der Waals surface area contributed by atoms with Gasteiger partial charge in [0.1, 0.15) is 6.26 Å². The van der Waals surface area contributed by atoms with Crippen molar-refractivity contribution in [3.05, 3.63) is 66.9 Å². The lowest BCUT2D eigenvalue weighted by Gasteiger charge is -2.26. The largest absolute Gasteiger partial charge is 0.519 e. The van der Waals surface area contributed by atoms with Gasteiger partial charge in [-0.05, 0) is 13.8 Å². The molecule has 0 spiro atoms. The standard InChI is InChI=1S/C23H28N4O15/c1-13-16(41-22(32)38-13)11-34-18(28)25-4-6-27(20(30)36-12-17-14(2)39-23(33)42-17)8-7-26(5-3-24)19(29)35-9-15-10-37-21(31)40-15/h10H,3-9,11-12,24H2,1-2H3,(H,25,28). The summed E-state index contributed by atoms with van der Waals surface area (Å²) in [5.41, 5.74) is 5.60. The highest BCUT2D eigenvalue weighted by Gasteiger charge is 2.22. The predicted molar refractivity (Wildman–Crippen MR) is 132 cm³/mol. The number of carbonyl (C=O) groups is 3. The van der Waals surface area contributed by atoms with Gasteiger partial charge >= 0.3 is 35.7 Å². The van der Waals surface area contributed by atoms with Crippen LogP contribution in [0.15, 0.2) is 47.1 Å². The van der Waals surface area contributed by atoms with Crippen molar-refractivity contribution in [2.24, 2.45) is 5.73 Å². The van der Waals surface area contributed by atoms with E-state index >= 15 is 0 Å². The zero-order valence-corrected chi connectivity index (χ0v) is 22.5. The van der Waals surface area contributed by atoms with Gasteiger partial charge in [-0.2, -0.15) is 0 Å². The molecule has 0 radical (unpaired) electrons. The molecule has 3 aromatic heterocycles. The number of hydrogen-bond acceptors (Lipinski definition) is 16. The lowest BCUT2D eigenvalue weighted by Crippen LogP contribution is -2.45. The van der Waals surface area contributed by atoms with Gasteiger partial charge in [-0.15, -0.1) is 0 Å². The van der Waals surface area contributed by atoms with E-state index in [9.17, 15) is 28.8 Å². The molecule has 0 saturated carbocycles. The van der Waals surface area contributed by atoms with Gasteiger partial charge in [-0.3, -0.25) is 0 Å². The first kappa shape index (κ1) is 31.3. The van der Waals surface area contributed by atoms with Gasteiger partial charge < -0.3 is 61.6 Å². The lowest BCUT2D eigenvalue weighted by atomic mass is 10.4. The van der Waals surface area contributed by atoms with Gasteiger partial charge in [-0.1, -0.05) is 0 Å². The van der Waals surface area contributed by atoms with Crippen LogP contribution in [0, 0.1) is 13.8 Å². The van der Waals surface area contributed by atoms with Gasteiger partial charge in [0.2, 0.25) is 0 Å². The molecule has 3 N–H and O–H groups in total. The summed E-state index contributed by atoms with van der Waals surface area (Å²) in [4.78, 5) is 73.2. The van der Waals surface area contributed by atoms with Crippen LogP contribution in [0.5, 0.6) is 0 Å². The molecule has 0 aliphatic heterocycles. The molecule has 0 aliphatic rings. The Hall–Kier alpha value is -5.20. The van der Waals surface area contributed by atoms with Gasteiger partial charge in [0.05, 0.1) is 0 Å². The van der Waals surface area contributed by atoms with E-state index in [4.69, 9.17) is 33.2 Å². The number of aryl methyl sites for hydroxylation is 2. The van der Waals surface area contributed by atoms with Crippen molar-refractivity contribution in [1.29, 1.82) is 0 Å². The van der Waals surface area contributed by atoms with Crippen molar-refractivity contribution >= 4 is 18.3 Å². The fourth-order valence-corrected chi connectivity index (χ4v) is 3.25. The fraction of sp³-hybridized carbons (Fsp3) is 0.478. The maximum Gasteiger partial charge on any atom is 0.519 e. The van der Waals surface area contributed by atoms with Crippen molar-refractivity contribution in [2.75, 3.05) is 39.3 Å². The Bertz CT molecular complexity index is 1510. The molecule has 0 unspecified atom stereocenters. The summed E-state index contributed by atoms with van der Waals surface area (Å²) in [6.45, 7) is 1.39. The Balaban J connectivity index is 1.57. The van der Waals surface area contributed by atoms with Gasteiger partial charge in [0.15, 0.2) is 48.6 Å². The molecule has 0 saturated heterocycles. The molecule has 19 heteroatoms. The third-order valence-corrected chi connectivity index (χ3v) is 5.38. The zero-order chi connectivity index (χ0) is 30.6. The van der Waals surface area contributed by atoms with Gasteiger partial charge in [0.25, 0.3) is 0 Å². The molecule has 0 atom stereocenters. The molecule has 230 valence electrons. The minimum absolute atomic E-state index is 0.00423. The van der Waals surface area contributed by atoms with Crippen LogP contribution in [0.25, 0.3) is 0 Å². The van der Waals surface area contributed by atoms with Gasteiger partial charge in [0, 0.05) is 39.3 Å². The predicted octanol–water partition coefficient (Wildman–Crippen LogP) is 0.405. The van der Waals surface area contributed by atoms with Crippen molar-refractivity contribution < 1.29 is 55.1 Å². The normalized spacial score (nSPS) is 10.7. The van der Waals surface area contributed by atoms with E-state index in [0.717, 1.165) is 11.2 Å². The third-order valence-electron chi connectivity index (χ3n) is 5.38. The topological polar surface area (TPSA) is 253 Å². The highest BCUT2D eigenvalue weighted by Crippen LogP contribution is 2.09. The summed E-state index contributed by atoms with van der Waals surface area (Å²) in [5.74, 6) is -2.58. The smallest absolute Gasteiger partial charge is 0.441 e. The molecule has 42 heavy (non-hydrogen) atoms. The number of hydrogen-bond donors (Lipinski definition) is 2. The molecule has 3 amide bonds. The Morgan fingerprint density at radius 1 is 0.738 bits per heavy atom. The van der Waals surface area contributed by atoms with E-state index in [1.807, 2.05) is 0 Å². The molecule has 0 aliphatic carbocycles. The summed E-state index contributed by atoms with van der Waals surface area (Å²) in [7, 11) is 0. The summed E-state index contributed by atoms with van der Waals surface area (Å²) in [6, 6.07) is 0. The van der Waals surface area contributed by atoms with E-state index in [1.165, 1.54) is 18.7 Å². The van der Waals surface area contributed by atoms with Crippen LogP contribution in [0.1, 0.15) is 28.8 Å². The summed E-state index contributed by atoms with van der Waals surface area (Å²) in [5, 5.41) is 2.42. The molecule has 0 aromatic carbocycles. The van der Waals surface area contributed by atoms with E-state index in [0.29, 0.717) is 0 Å². The Labute approximate surface area is 234 Å². The molecule has 0 bridgehead atoms. The number of nitrogens with zero attached hydrogens (tertiary/aromatic N) is 2. The van der Waals surface area contributed by atoms with Crippen LogP contribution in [-0.2, 0) is 34.0 Å². The van der Waals surface area contributed by atoms with Crippen LogP contribution in [0.3, 0.4) is 0 Å². The first-order chi connectivity index (χ1) is 20.0. The molecule has 19 nitrogen and oxygen atoms in total. The number of nitrogens with two attached hydrogens (primary N) is 1. The third kappa shape index (κ3) is 9.47. The van der Waals surface area contributed by atoms with Crippen molar-refractivity contribution in [2.45, 2.75) is 33.7 Å². The van der Waals surface area contributed by atoms with E-state index in [-0.39, 0.29) is 81.3 Å². The first-order valence-electron chi connectivity index (χ1n) is 12.3. The van der Waals surface area contributed by atoms with E-state index in [1.54, 1.807) is 0 Å². The SMILES string of the molecule is Cc1oc(=O)oc1COC(=O)NCCN(CCN(CCN)C(=O)OCc1coc(=O)o1)C(=O)OCc1oc(=O)oc1C. The van der Waals surface area contributed by atoms with Crippen molar-refractivity contribution in [1.82, 2.24) is 15.1 Å². The number of amides is 3. The fourth-order valence-electron chi connectivity index (χ4n) is 3.25. The molecule has 3 aromatic rings. The number of nitrogens with one attached hydrogen (secondary N) is 1. The van der Waals surface area contributed by atoms with E-state index in [2.05, 4.69) is 18.6 Å². The monoisotopic (exact) mass is 600 g/mol. The van der Waals surface area contributed by atoms with Crippen LogP contribution in [-0.4, -0.2) is 67.3 Å². The highest BCUT2D eigenvalue weighted by atomic mass is 16.6. The second-order valence-electron chi connectivity index (χ2n) is 8.30. The number of rotatable bonds is 14. The zero-order valence-electron chi connectivity index (χ0n) is 22.5. The number of alkyl carbamates (subject to hydrolysis) is 1. The lowest BCUT2D eigenvalue weighted by molar-refractivity contribution is 0.0731. The summed E-state index contributed by atoms with van der Waals surface area (Å²) < 4.78 is 43.4. The average Bonchev–Trinajstić information content (AvgIpc) is 3.61. The van der Waals surface area contributed by atoms with Crippen molar-refractivity contribution in [3.63, 3.8) is 0 Å². The Morgan fingerprint density at radius 2 is 1.29 bits per heavy atom. The second kappa shape index (κ2) is 15.0.